The van der Waals surface area contributed by atoms with Gasteiger partial charge in [-0.15, -0.1) is 0 Å². The van der Waals surface area contributed by atoms with E-state index in [1.165, 1.54) is 6.07 Å². The largest absolute Gasteiger partial charge is 0.416 e. The van der Waals surface area contributed by atoms with Crippen LogP contribution in [0.1, 0.15) is 11.1 Å². The minimum atomic E-state index is -4.35. The number of piperazine rings is 1. The smallest absolute Gasteiger partial charge is 0.353 e. The Morgan fingerprint density at radius 1 is 1.28 bits per heavy atom. The van der Waals surface area contributed by atoms with E-state index in [0.717, 1.165) is 12.1 Å². The number of rotatable bonds is 2. The lowest BCUT2D eigenvalue weighted by atomic mass is 10.0. The predicted molar refractivity (Wildman–Crippen MR) is 59.9 cm³/mol. The molecule has 1 unspecified atom stereocenters. The van der Waals surface area contributed by atoms with Crippen LogP contribution in [0, 0.1) is 0 Å². The van der Waals surface area contributed by atoms with Gasteiger partial charge in [0.25, 0.3) is 0 Å². The molecule has 1 aromatic carbocycles. The molecule has 1 heterocycles. The van der Waals surface area contributed by atoms with Crippen molar-refractivity contribution in [3.8, 4) is 0 Å². The number of carbonyl (C=O) groups excluding carboxylic acids is 1. The molecular formula is C12H13F3N2O. The topological polar surface area (TPSA) is 41.1 Å². The number of halogens is 3. The van der Waals surface area contributed by atoms with Crippen molar-refractivity contribution in [2.45, 2.75) is 18.6 Å². The van der Waals surface area contributed by atoms with Crippen molar-refractivity contribution in [1.29, 1.82) is 0 Å². The molecule has 1 saturated heterocycles. The molecule has 0 spiro atoms. The molecule has 2 rings (SSSR count). The molecule has 0 radical (unpaired) electrons. The Kier molecular flexibility index (Phi) is 3.56. The number of amides is 1. The molecule has 0 aliphatic carbocycles. The van der Waals surface area contributed by atoms with Crippen LogP contribution in [0.5, 0.6) is 0 Å². The molecule has 98 valence electrons. The second kappa shape index (κ2) is 4.97. The van der Waals surface area contributed by atoms with Crippen LogP contribution in [0.4, 0.5) is 13.2 Å². The summed E-state index contributed by atoms with van der Waals surface area (Å²) in [6.07, 6.45) is -4.09. The van der Waals surface area contributed by atoms with Crippen molar-refractivity contribution in [3.63, 3.8) is 0 Å². The SMILES string of the molecule is O=C1NCCNC1Cc1cccc(C(F)(F)F)c1. The van der Waals surface area contributed by atoms with Crippen LogP contribution in [0.3, 0.4) is 0 Å². The van der Waals surface area contributed by atoms with E-state index in [1.54, 1.807) is 6.07 Å². The summed E-state index contributed by atoms with van der Waals surface area (Å²) in [5.74, 6) is -0.168. The third-order valence-corrected chi connectivity index (χ3v) is 2.83. The molecule has 18 heavy (non-hydrogen) atoms. The predicted octanol–water partition coefficient (Wildman–Crippen LogP) is 1.34. The van der Waals surface area contributed by atoms with Gasteiger partial charge in [0.15, 0.2) is 0 Å². The Morgan fingerprint density at radius 2 is 2.06 bits per heavy atom. The van der Waals surface area contributed by atoms with Crippen molar-refractivity contribution in [2.75, 3.05) is 13.1 Å². The maximum atomic E-state index is 12.5. The van der Waals surface area contributed by atoms with Gasteiger partial charge in [-0.3, -0.25) is 4.79 Å². The summed E-state index contributed by atoms with van der Waals surface area (Å²) in [5.41, 5.74) is -0.185. The van der Waals surface area contributed by atoms with E-state index in [9.17, 15) is 18.0 Å². The van der Waals surface area contributed by atoms with Gasteiger partial charge in [0.05, 0.1) is 11.6 Å². The van der Waals surface area contributed by atoms with Crippen molar-refractivity contribution in [2.24, 2.45) is 0 Å². The van der Waals surface area contributed by atoms with Crippen LogP contribution in [-0.4, -0.2) is 25.0 Å². The van der Waals surface area contributed by atoms with Crippen LogP contribution in [0.25, 0.3) is 0 Å². The van der Waals surface area contributed by atoms with Crippen LogP contribution in [-0.2, 0) is 17.4 Å². The molecule has 0 bridgehead atoms. The summed E-state index contributed by atoms with van der Waals surface area (Å²) in [5, 5.41) is 5.66. The number of hydrogen-bond donors (Lipinski definition) is 2. The number of hydrogen-bond acceptors (Lipinski definition) is 2. The fraction of sp³-hybridized carbons (Fsp3) is 0.417. The second-order valence-electron chi connectivity index (χ2n) is 4.20. The third-order valence-electron chi connectivity index (χ3n) is 2.83. The van der Waals surface area contributed by atoms with Crippen molar-refractivity contribution >= 4 is 5.91 Å². The molecule has 1 aromatic rings. The lowest BCUT2D eigenvalue weighted by Crippen LogP contribution is -2.53. The van der Waals surface area contributed by atoms with E-state index in [1.807, 2.05) is 0 Å². The summed E-state index contributed by atoms with van der Waals surface area (Å²) in [6, 6.07) is 4.61. The minimum Gasteiger partial charge on any atom is -0.353 e. The number of carbonyl (C=O) groups is 1. The fourth-order valence-electron chi connectivity index (χ4n) is 1.92. The van der Waals surface area contributed by atoms with E-state index < -0.39 is 17.8 Å². The third kappa shape index (κ3) is 3.01. The minimum absolute atomic E-state index is 0.168. The van der Waals surface area contributed by atoms with Crippen LogP contribution in [0.2, 0.25) is 0 Å². The number of benzene rings is 1. The van der Waals surface area contributed by atoms with Crippen LogP contribution < -0.4 is 10.6 Å². The summed E-state index contributed by atoms with van der Waals surface area (Å²) < 4.78 is 37.6. The van der Waals surface area contributed by atoms with Gasteiger partial charge in [0, 0.05) is 13.1 Å². The molecule has 1 atom stereocenters. The van der Waals surface area contributed by atoms with Crippen molar-refractivity contribution < 1.29 is 18.0 Å². The quantitative estimate of drug-likeness (QED) is 0.840. The van der Waals surface area contributed by atoms with Gasteiger partial charge in [0.2, 0.25) is 5.91 Å². The van der Waals surface area contributed by atoms with Crippen molar-refractivity contribution in [3.05, 3.63) is 35.4 Å². The first-order valence-electron chi connectivity index (χ1n) is 5.64. The Hall–Kier alpha value is -1.56. The second-order valence-corrected chi connectivity index (χ2v) is 4.20. The van der Waals surface area contributed by atoms with Crippen LogP contribution in [0.15, 0.2) is 24.3 Å². The monoisotopic (exact) mass is 258 g/mol. The molecule has 3 nitrogen and oxygen atoms in total. The standard InChI is InChI=1S/C12H13F3N2O/c13-12(14,15)9-3-1-2-8(6-9)7-10-11(18)17-5-4-16-10/h1-3,6,10,16H,4-5,7H2,(H,17,18). The molecule has 1 fully saturated rings. The molecular weight excluding hydrogens is 245 g/mol. The Labute approximate surface area is 102 Å². The molecule has 1 aliphatic heterocycles. The average Bonchev–Trinajstić information content (AvgIpc) is 2.31. The highest BCUT2D eigenvalue weighted by Gasteiger charge is 2.31. The Balaban J connectivity index is 2.12. The number of alkyl halides is 3. The van der Waals surface area contributed by atoms with Gasteiger partial charge in [0.1, 0.15) is 0 Å². The van der Waals surface area contributed by atoms with Crippen molar-refractivity contribution in [1.82, 2.24) is 10.6 Å². The first-order valence-corrected chi connectivity index (χ1v) is 5.64. The first-order chi connectivity index (χ1) is 8.47. The lowest BCUT2D eigenvalue weighted by molar-refractivity contribution is -0.137. The lowest BCUT2D eigenvalue weighted by Gasteiger charge is -2.23. The summed E-state index contributed by atoms with van der Waals surface area (Å²) in [4.78, 5) is 11.5. The zero-order valence-corrected chi connectivity index (χ0v) is 9.55. The Morgan fingerprint density at radius 3 is 2.72 bits per heavy atom. The first kappa shape index (κ1) is 12.9. The van der Waals surface area contributed by atoms with Gasteiger partial charge in [-0.1, -0.05) is 18.2 Å². The molecule has 0 aromatic heterocycles. The highest BCUT2D eigenvalue weighted by molar-refractivity contribution is 5.82. The Bertz CT molecular complexity index is 445. The van der Waals surface area contributed by atoms with Gasteiger partial charge in [-0.2, -0.15) is 13.2 Å². The van der Waals surface area contributed by atoms with E-state index >= 15 is 0 Å². The molecule has 1 aliphatic rings. The zero-order chi connectivity index (χ0) is 13.2. The number of nitrogens with one attached hydrogen (secondary N) is 2. The van der Waals surface area contributed by atoms with E-state index in [4.69, 9.17) is 0 Å². The summed E-state index contributed by atoms with van der Waals surface area (Å²) in [7, 11) is 0. The van der Waals surface area contributed by atoms with E-state index in [2.05, 4.69) is 10.6 Å². The van der Waals surface area contributed by atoms with E-state index in [0.29, 0.717) is 18.7 Å². The zero-order valence-electron chi connectivity index (χ0n) is 9.55. The normalized spacial score (nSPS) is 20.6. The molecule has 6 heteroatoms. The molecule has 0 saturated carbocycles. The fourth-order valence-corrected chi connectivity index (χ4v) is 1.92. The van der Waals surface area contributed by atoms with Gasteiger partial charge < -0.3 is 10.6 Å². The maximum absolute atomic E-state index is 12.5. The average molecular weight is 258 g/mol. The summed E-state index contributed by atoms with van der Waals surface area (Å²) >= 11 is 0. The summed E-state index contributed by atoms with van der Waals surface area (Å²) in [6.45, 7) is 1.19. The molecule has 2 N–H and O–H groups in total. The van der Waals surface area contributed by atoms with Gasteiger partial charge in [-0.25, -0.2) is 0 Å². The van der Waals surface area contributed by atoms with Gasteiger partial charge in [-0.05, 0) is 18.1 Å². The van der Waals surface area contributed by atoms with Gasteiger partial charge >= 0.3 is 6.18 Å². The molecule has 1 amide bonds. The van der Waals surface area contributed by atoms with E-state index in [-0.39, 0.29) is 12.3 Å². The van der Waals surface area contributed by atoms with Crippen LogP contribution >= 0.6 is 0 Å². The maximum Gasteiger partial charge on any atom is 0.416 e. The highest BCUT2D eigenvalue weighted by atomic mass is 19.4. The highest BCUT2D eigenvalue weighted by Crippen LogP contribution is 2.29.